The molecular weight excluding hydrogens is 452 g/mol. The number of nitrogens with one attached hydrogen (secondary N) is 1. The molecule has 170 valence electrons. The van der Waals surface area contributed by atoms with Crippen molar-refractivity contribution in [2.24, 2.45) is 5.10 Å². The smallest absolute Gasteiger partial charge is 0.294 e. The van der Waals surface area contributed by atoms with Gasteiger partial charge in [0.1, 0.15) is 5.69 Å². The molecule has 0 saturated carbocycles. The summed E-state index contributed by atoms with van der Waals surface area (Å²) in [5.41, 5.74) is 8.49. The van der Waals surface area contributed by atoms with Crippen LogP contribution in [0.2, 0.25) is 0 Å². The van der Waals surface area contributed by atoms with Gasteiger partial charge in [0.15, 0.2) is 5.69 Å². The average Bonchev–Trinajstić information content (AvgIpc) is 3.45. The van der Waals surface area contributed by atoms with Crippen LogP contribution in [0.1, 0.15) is 16.1 Å². The highest BCUT2D eigenvalue weighted by Crippen LogP contribution is 2.28. The SMILES string of the molecule is Nc1nonc1-n1nnc(C(=O)N/N=C/c2ccc([N+](=O)[O-])cc2)c1-c1ccc([N+](=O)[O-])cc1. The molecule has 0 bridgehead atoms. The Kier molecular flexibility index (Phi) is 5.68. The van der Waals surface area contributed by atoms with Crippen LogP contribution in [0.5, 0.6) is 0 Å². The number of nitro groups is 2. The van der Waals surface area contributed by atoms with E-state index in [0.29, 0.717) is 11.1 Å². The lowest BCUT2D eigenvalue weighted by Gasteiger charge is -2.05. The number of nitrogens with zero attached hydrogens (tertiary/aromatic N) is 8. The van der Waals surface area contributed by atoms with E-state index in [0.717, 1.165) is 4.68 Å². The zero-order valence-electron chi connectivity index (χ0n) is 16.8. The number of aromatic nitrogens is 5. The predicted molar refractivity (Wildman–Crippen MR) is 114 cm³/mol. The number of nitro benzene ring substituents is 2. The van der Waals surface area contributed by atoms with Gasteiger partial charge in [-0.3, -0.25) is 25.0 Å². The Balaban J connectivity index is 1.65. The van der Waals surface area contributed by atoms with Crippen LogP contribution >= 0.6 is 0 Å². The van der Waals surface area contributed by atoms with Crippen molar-refractivity contribution in [2.45, 2.75) is 0 Å². The summed E-state index contributed by atoms with van der Waals surface area (Å²) in [5.74, 6) is -0.946. The number of hydrogen-bond donors (Lipinski definition) is 2. The van der Waals surface area contributed by atoms with Gasteiger partial charge < -0.3 is 5.73 Å². The van der Waals surface area contributed by atoms with E-state index >= 15 is 0 Å². The number of carbonyl (C=O) groups is 1. The van der Waals surface area contributed by atoms with Gasteiger partial charge in [-0.1, -0.05) is 5.21 Å². The molecule has 4 aromatic rings. The molecule has 0 spiro atoms. The summed E-state index contributed by atoms with van der Waals surface area (Å²) >= 11 is 0. The number of benzene rings is 2. The van der Waals surface area contributed by atoms with Gasteiger partial charge in [-0.15, -0.1) is 5.10 Å². The molecule has 4 rings (SSSR count). The lowest BCUT2D eigenvalue weighted by Crippen LogP contribution is -2.19. The molecule has 0 unspecified atom stereocenters. The van der Waals surface area contributed by atoms with Crippen LogP contribution in [0, 0.1) is 20.2 Å². The maximum absolute atomic E-state index is 12.8. The highest BCUT2D eigenvalue weighted by Gasteiger charge is 2.25. The van der Waals surface area contributed by atoms with Crippen LogP contribution in [0.3, 0.4) is 0 Å². The van der Waals surface area contributed by atoms with Gasteiger partial charge in [-0.05, 0) is 40.1 Å². The van der Waals surface area contributed by atoms with Gasteiger partial charge >= 0.3 is 0 Å². The molecule has 0 aliphatic rings. The van der Waals surface area contributed by atoms with E-state index in [2.05, 4.69) is 35.8 Å². The molecule has 0 radical (unpaired) electrons. The van der Waals surface area contributed by atoms with Crippen molar-refractivity contribution in [1.82, 2.24) is 30.7 Å². The summed E-state index contributed by atoms with van der Waals surface area (Å²) in [6.07, 6.45) is 1.27. The Hall–Kier alpha value is -5.54. The second-order valence-corrected chi connectivity index (χ2v) is 6.52. The Morgan fingerprint density at radius 2 is 1.65 bits per heavy atom. The third-order valence-electron chi connectivity index (χ3n) is 4.42. The first kappa shape index (κ1) is 21.7. The van der Waals surface area contributed by atoms with E-state index < -0.39 is 15.8 Å². The molecule has 0 aliphatic heterocycles. The van der Waals surface area contributed by atoms with E-state index in [1.807, 2.05) is 0 Å². The first-order chi connectivity index (χ1) is 16.3. The largest absolute Gasteiger partial charge is 0.378 e. The lowest BCUT2D eigenvalue weighted by molar-refractivity contribution is -0.385. The van der Waals surface area contributed by atoms with Gasteiger partial charge in [-0.2, -0.15) is 9.78 Å². The molecule has 16 nitrogen and oxygen atoms in total. The van der Waals surface area contributed by atoms with Gasteiger partial charge in [0.2, 0.25) is 11.6 Å². The van der Waals surface area contributed by atoms with Gasteiger partial charge in [0, 0.05) is 29.8 Å². The minimum Gasteiger partial charge on any atom is -0.378 e. The van der Waals surface area contributed by atoms with Crippen LogP contribution < -0.4 is 11.2 Å². The molecular formula is C18H12N10O6. The quantitative estimate of drug-likeness (QED) is 0.226. The minimum absolute atomic E-state index is 0.0470. The third kappa shape index (κ3) is 4.26. The topological polar surface area (TPSA) is 223 Å². The fraction of sp³-hybridized carbons (Fsp3) is 0. The number of hydrazone groups is 1. The van der Waals surface area contributed by atoms with Crippen LogP contribution in [0.25, 0.3) is 17.1 Å². The number of non-ortho nitro benzene ring substituents is 2. The van der Waals surface area contributed by atoms with Crippen LogP contribution in [-0.4, -0.2) is 47.3 Å². The Labute approximate surface area is 187 Å². The summed E-state index contributed by atoms with van der Waals surface area (Å²) in [5, 5.41) is 40.4. The van der Waals surface area contributed by atoms with Crippen molar-refractivity contribution >= 4 is 29.3 Å². The summed E-state index contributed by atoms with van der Waals surface area (Å²) in [4.78, 5) is 33.4. The maximum atomic E-state index is 12.8. The Morgan fingerprint density at radius 1 is 1.03 bits per heavy atom. The number of carbonyl (C=O) groups excluding carboxylic acids is 1. The minimum atomic E-state index is -0.771. The van der Waals surface area contributed by atoms with Crippen molar-refractivity contribution in [2.75, 3.05) is 5.73 Å². The fourth-order valence-electron chi connectivity index (χ4n) is 2.82. The van der Waals surface area contributed by atoms with Crippen molar-refractivity contribution in [3.8, 4) is 17.1 Å². The number of rotatable bonds is 7. The maximum Gasteiger partial charge on any atom is 0.294 e. The first-order valence-corrected chi connectivity index (χ1v) is 9.22. The van der Waals surface area contributed by atoms with E-state index in [-0.39, 0.29) is 34.4 Å². The van der Waals surface area contributed by atoms with Crippen molar-refractivity contribution in [1.29, 1.82) is 0 Å². The molecule has 0 saturated heterocycles. The number of amides is 1. The molecule has 0 aliphatic carbocycles. The molecule has 2 aromatic carbocycles. The second kappa shape index (κ2) is 8.91. The molecule has 2 heterocycles. The van der Waals surface area contributed by atoms with Crippen LogP contribution in [0.4, 0.5) is 17.2 Å². The van der Waals surface area contributed by atoms with Crippen LogP contribution in [0.15, 0.2) is 58.3 Å². The monoisotopic (exact) mass is 464 g/mol. The van der Waals surface area contributed by atoms with Gasteiger partial charge in [0.25, 0.3) is 17.3 Å². The molecule has 16 heteroatoms. The van der Waals surface area contributed by atoms with E-state index in [4.69, 9.17) is 5.73 Å². The molecule has 0 atom stereocenters. The number of anilines is 1. The highest BCUT2D eigenvalue weighted by molar-refractivity contribution is 5.98. The number of hydrogen-bond acceptors (Lipinski definition) is 12. The normalized spacial score (nSPS) is 10.9. The van der Waals surface area contributed by atoms with E-state index in [9.17, 15) is 25.0 Å². The molecule has 1 amide bonds. The van der Waals surface area contributed by atoms with E-state index in [1.54, 1.807) is 0 Å². The number of nitrogen functional groups attached to an aromatic ring is 1. The van der Waals surface area contributed by atoms with Crippen molar-refractivity contribution < 1.29 is 19.3 Å². The molecule has 2 aromatic heterocycles. The molecule has 3 N–H and O–H groups in total. The van der Waals surface area contributed by atoms with Crippen molar-refractivity contribution in [3.63, 3.8) is 0 Å². The summed E-state index contributed by atoms with van der Waals surface area (Å²) in [7, 11) is 0. The highest BCUT2D eigenvalue weighted by atomic mass is 16.6. The predicted octanol–water partition coefficient (Wildman–Crippen LogP) is 1.48. The van der Waals surface area contributed by atoms with Gasteiger partial charge in [-0.25, -0.2) is 10.1 Å². The van der Waals surface area contributed by atoms with E-state index in [1.165, 1.54) is 54.7 Å². The first-order valence-electron chi connectivity index (χ1n) is 9.22. The second-order valence-electron chi connectivity index (χ2n) is 6.52. The zero-order valence-corrected chi connectivity index (χ0v) is 16.8. The summed E-state index contributed by atoms with van der Waals surface area (Å²) < 4.78 is 5.68. The third-order valence-corrected chi connectivity index (χ3v) is 4.42. The summed E-state index contributed by atoms with van der Waals surface area (Å²) in [6.45, 7) is 0. The fourth-order valence-corrected chi connectivity index (χ4v) is 2.82. The summed E-state index contributed by atoms with van der Waals surface area (Å²) in [6, 6.07) is 10.8. The zero-order chi connectivity index (χ0) is 24.2. The Bertz CT molecular complexity index is 1410. The molecule has 34 heavy (non-hydrogen) atoms. The van der Waals surface area contributed by atoms with Gasteiger partial charge in [0.05, 0.1) is 16.1 Å². The van der Waals surface area contributed by atoms with Crippen molar-refractivity contribution in [3.05, 3.63) is 80.0 Å². The molecule has 0 fully saturated rings. The Morgan fingerprint density at radius 3 is 2.21 bits per heavy atom. The average molecular weight is 464 g/mol. The number of nitrogens with two attached hydrogens (primary N) is 1. The standard InChI is InChI=1S/C18H12N10O6/c19-16-17(24-34-23-16)26-15(11-3-7-13(8-4-11)28(32)33)14(21-25-26)18(29)22-20-9-10-1-5-12(6-2-10)27(30)31/h1-9H,(H2,19,23)(H,22,29)/b20-9+. The lowest BCUT2D eigenvalue weighted by atomic mass is 10.1. The van der Waals surface area contributed by atoms with Crippen LogP contribution in [-0.2, 0) is 0 Å².